The van der Waals surface area contributed by atoms with Gasteiger partial charge in [-0.2, -0.15) is 4.52 Å². The van der Waals surface area contributed by atoms with Crippen LogP contribution in [0.4, 0.5) is 5.95 Å². The predicted molar refractivity (Wildman–Crippen MR) is 115 cm³/mol. The molecule has 2 N–H and O–H groups in total. The van der Waals surface area contributed by atoms with Gasteiger partial charge in [0.25, 0.3) is 0 Å². The fourth-order valence-corrected chi connectivity index (χ4v) is 3.44. The van der Waals surface area contributed by atoms with E-state index in [1.165, 1.54) is 0 Å². The maximum absolute atomic E-state index is 9.16. The van der Waals surface area contributed by atoms with Crippen molar-refractivity contribution >= 4 is 22.5 Å². The van der Waals surface area contributed by atoms with E-state index in [1.807, 2.05) is 37.3 Å². The number of ether oxygens (including phenoxy) is 2. The maximum atomic E-state index is 9.16. The quantitative estimate of drug-likeness (QED) is 0.463. The van der Waals surface area contributed by atoms with Crippen LogP contribution in [0.5, 0.6) is 11.5 Å². The Hall–Kier alpha value is -3.39. The molecule has 0 saturated heterocycles. The molecule has 0 atom stereocenters. The zero-order chi connectivity index (χ0) is 21.1. The minimum absolute atomic E-state index is 0.0979. The molecule has 0 unspecified atom stereocenters. The number of nitrogens with one attached hydrogen (secondary N) is 1. The molecule has 4 aromatic rings. The molecule has 2 heterocycles. The molecular weight excluding hydrogens is 382 g/mol. The summed E-state index contributed by atoms with van der Waals surface area (Å²) in [6.07, 6.45) is 1.20. The van der Waals surface area contributed by atoms with Gasteiger partial charge in [0, 0.05) is 30.5 Å². The monoisotopic (exact) mass is 407 g/mol. The molecule has 4 rings (SSSR count). The zero-order valence-corrected chi connectivity index (χ0v) is 17.3. The van der Waals surface area contributed by atoms with Crippen molar-refractivity contribution in [2.24, 2.45) is 0 Å². The van der Waals surface area contributed by atoms with E-state index in [0.717, 1.165) is 22.3 Å². The molecule has 30 heavy (non-hydrogen) atoms. The topological polar surface area (TPSA) is 93.8 Å². The van der Waals surface area contributed by atoms with Crippen LogP contribution in [-0.4, -0.2) is 45.5 Å². The summed E-state index contributed by atoms with van der Waals surface area (Å²) < 4.78 is 12.8. The fourth-order valence-electron chi connectivity index (χ4n) is 3.44. The van der Waals surface area contributed by atoms with Gasteiger partial charge in [0.2, 0.25) is 5.95 Å². The van der Waals surface area contributed by atoms with E-state index >= 15 is 0 Å². The number of nitrogens with zero attached hydrogens (tertiary/aromatic N) is 4. The second-order valence-corrected chi connectivity index (χ2v) is 7.05. The number of anilines is 1. The van der Waals surface area contributed by atoms with E-state index in [2.05, 4.69) is 16.5 Å². The van der Waals surface area contributed by atoms with Crippen LogP contribution in [-0.2, 0) is 13.0 Å². The molecule has 156 valence electrons. The van der Waals surface area contributed by atoms with Crippen LogP contribution in [0, 0.1) is 6.92 Å². The van der Waals surface area contributed by atoms with Gasteiger partial charge in [-0.25, -0.2) is 9.97 Å². The summed E-state index contributed by atoms with van der Waals surface area (Å²) in [5.41, 5.74) is 3.56. The van der Waals surface area contributed by atoms with Crippen molar-refractivity contribution in [2.75, 3.05) is 26.1 Å². The number of fused-ring (bicyclic) bond motifs is 3. The van der Waals surface area contributed by atoms with Gasteiger partial charge in [-0.05, 0) is 37.1 Å². The Bertz CT molecular complexity index is 1190. The van der Waals surface area contributed by atoms with Crippen LogP contribution in [0.3, 0.4) is 0 Å². The lowest BCUT2D eigenvalue weighted by Gasteiger charge is -2.13. The predicted octanol–water partition coefficient (Wildman–Crippen LogP) is 3.14. The van der Waals surface area contributed by atoms with Gasteiger partial charge in [0.05, 0.1) is 14.2 Å². The molecule has 0 amide bonds. The van der Waals surface area contributed by atoms with E-state index in [1.54, 1.807) is 18.7 Å². The van der Waals surface area contributed by atoms with Crippen LogP contribution < -0.4 is 14.8 Å². The molecule has 0 bridgehead atoms. The molecular formula is C22H25N5O3. The summed E-state index contributed by atoms with van der Waals surface area (Å²) >= 11 is 0. The highest BCUT2D eigenvalue weighted by atomic mass is 16.5. The number of hydrogen-bond donors (Lipinski definition) is 2. The van der Waals surface area contributed by atoms with Crippen LogP contribution in [0.1, 0.15) is 23.4 Å². The first-order valence-corrected chi connectivity index (χ1v) is 9.85. The molecule has 0 spiro atoms. The fraction of sp³-hybridized carbons (Fsp3) is 0.318. The number of aliphatic hydroxyl groups is 1. The second-order valence-electron chi connectivity index (χ2n) is 7.05. The normalized spacial score (nSPS) is 11.2. The van der Waals surface area contributed by atoms with E-state index in [-0.39, 0.29) is 6.61 Å². The van der Waals surface area contributed by atoms with Crippen LogP contribution in [0.15, 0.2) is 36.4 Å². The first-order valence-electron chi connectivity index (χ1n) is 9.85. The van der Waals surface area contributed by atoms with Gasteiger partial charge < -0.3 is 19.9 Å². The molecule has 0 saturated carbocycles. The summed E-state index contributed by atoms with van der Waals surface area (Å²) in [4.78, 5) is 9.49. The number of methoxy groups -OCH3 is 2. The molecule has 0 aliphatic heterocycles. The van der Waals surface area contributed by atoms with Gasteiger partial charge in [-0.3, -0.25) is 0 Å². The van der Waals surface area contributed by atoms with Crippen molar-refractivity contribution in [2.45, 2.75) is 26.3 Å². The Morgan fingerprint density at radius 3 is 2.67 bits per heavy atom. The molecule has 8 nitrogen and oxygen atoms in total. The van der Waals surface area contributed by atoms with E-state index in [0.29, 0.717) is 48.1 Å². The molecule has 8 heteroatoms. The molecule has 0 aliphatic carbocycles. The summed E-state index contributed by atoms with van der Waals surface area (Å²) in [5, 5.41) is 18.0. The first-order chi connectivity index (χ1) is 14.6. The molecule has 0 fully saturated rings. The summed E-state index contributed by atoms with van der Waals surface area (Å²) in [6.45, 7) is 2.64. The molecule has 2 aromatic heterocycles. The minimum atomic E-state index is 0.0979. The number of aliphatic hydroxyl groups excluding tert-OH is 1. The standard InChI is InChI=1S/C22H25N5O3/c1-14-9-10-15(18(12-14)30-3)13-23-22-25-20-16(6-4-7-17(20)29-2)21-24-19(8-5-11-28)26-27(21)22/h4,6-7,9-10,12,28H,5,8,11,13H2,1-3H3,(H,23,25). The first kappa shape index (κ1) is 19.9. The lowest BCUT2D eigenvalue weighted by Crippen LogP contribution is -2.09. The SMILES string of the molecule is COc1cc(C)ccc1CNc1nc2c(OC)cccc2c2nc(CCCO)nn12. The number of hydrogen-bond acceptors (Lipinski definition) is 7. The second kappa shape index (κ2) is 8.54. The Morgan fingerprint density at radius 1 is 1.07 bits per heavy atom. The van der Waals surface area contributed by atoms with Crippen LogP contribution in [0.2, 0.25) is 0 Å². The Labute approximate surface area is 174 Å². The largest absolute Gasteiger partial charge is 0.496 e. The summed E-state index contributed by atoms with van der Waals surface area (Å²) in [7, 11) is 3.29. The van der Waals surface area contributed by atoms with Crippen molar-refractivity contribution in [3.63, 3.8) is 0 Å². The average molecular weight is 407 g/mol. The lowest BCUT2D eigenvalue weighted by molar-refractivity contribution is 0.287. The third kappa shape index (κ3) is 3.73. The van der Waals surface area contributed by atoms with Gasteiger partial charge in [-0.1, -0.05) is 18.2 Å². The number of para-hydroxylation sites is 1. The van der Waals surface area contributed by atoms with E-state index in [4.69, 9.17) is 24.5 Å². The average Bonchev–Trinajstić information content (AvgIpc) is 3.20. The third-order valence-corrected chi connectivity index (χ3v) is 4.97. The number of aromatic nitrogens is 4. The highest BCUT2D eigenvalue weighted by Gasteiger charge is 2.16. The Morgan fingerprint density at radius 2 is 1.90 bits per heavy atom. The highest BCUT2D eigenvalue weighted by molar-refractivity contribution is 5.95. The Kier molecular flexibility index (Phi) is 5.67. The summed E-state index contributed by atoms with van der Waals surface area (Å²) in [5.74, 6) is 2.72. The van der Waals surface area contributed by atoms with Crippen molar-refractivity contribution in [3.8, 4) is 11.5 Å². The van der Waals surface area contributed by atoms with Crippen molar-refractivity contribution in [3.05, 3.63) is 53.3 Å². The number of rotatable bonds is 8. The van der Waals surface area contributed by atoms with Crippen molar-refractivity contribution < 1.29 is 14.6 Å². The van der Waals surface area contributed by atoms with Gasteiger partial charge >= 0.3 is 0 Å². The number of aryl methyl sites for hydroxylation is 2. The van der Waals surface area contributed by atoms with Crippen molar-refractivity contribution in [1.82, 2.24) is 19.6 Å². The van der Waals surface area contributed by atoms with Gasteiger partial charge in [0.15, 0.2) is 11.5 Å². The minimum Gasteiger partial charge on any atom is -0.496 e. The zero-order valence-electron chi connectivity index (χ0n) is 17.3. The highest BCUT2D eigenvalue weighted by Crippen LogP contribution is 2.29. The molecule has 0 radical (unpaired) electrons. The van der Waals surface area contributed by atoms with Crippen molar-refractivity contribution in [1.29, 1.82) is 0 Å². The Balaban J connectivity index is 1.79. The van der Waals surface area contributed by atoms with E-state index < -0.39 is 0 Å². The molecule has 0 aliphatic rings. The van der Waals surface area contributed by atoms with Crippen LogP contribution >= 0.6 is 0 Å². The smallest absolute Gasteiger partial charge is 0.226 e. The summed E-state index contributed by atoms with van der Waals surface area (Å²) in [6, 6.07) is 11.8. The maximum Gasteiger partial charge on any atom is 0.226 e. The number of benzene rings is 2. The van der Waals surface area contributed by atoms with Gasteiger partial charge in [0.1, 0.15) is 17.0 Å². The lowest BCUT2D eigenvalue weighted by atomic mass is 10.1. The van der Waals surface area contributed by atoms with E-state index in [9.17, 15) is 0 Å². The van der Waals surface area contributed by atoms with Crippen LogP contribution in [0.25, 0.3) is 16.6 Å². The van der Waals surface area contributed by atoms with Gasteiger partial charge in [-0.15, -0.1) is 5.10 Å². The third-order valence-electron chi connectivity index (χ3n) is 4.97. The molecule has 2 aromatic carbocycles.